The molecule has 96 valence electrons. The first-order chi connectivity index (χ1) is 8.69. The smallest absolute Gasteiger partial charge is 0.256 e. The highest BCUT2D eigenvalue weighted by molar-refractivity contribution is 8.13. The highest BCUT2D eigenvalue weighted by atomic mass is 32.2. The van der Waals surface area contributed by atoms with E-state index in [9.17, 15) is 9.90 Å². The van der Waals surface area contributed by atoms with Crippen molar-refractivity contribution in [3.05, 3.63) is 29.8 Å². The molecule has 0 saturated heterocycles. The van der Waals surface area contributed by atoms with E-state index in [1.54, 1.807) is 7.11 Å². The number of amidine groups is 1. The van der Waals surface area contributed by atoms with Crippen molar-refractivity contribution in [2.75, 3.05) is 13.7 Å². The number of ether oxygens (including phenoxy) is 1. The predicted octanol–water partition coefficient (Wildman–Crippen LogP) is 0.775. The summed E-state index contributed by atoms with van der Waals surface area (Å²) in [6.45, 7) is 0.131. The number of nitrogens with zero attached hydrogens (tertiary/aromatic N) is 1. The van der Waals surface area contributed by atoms with Crippen LogP contribution in [0.2, 0.25) is 0 Å². The molecule has 0 aliphatic carbocycles. The minimum atomic E-state index is -1.02. The third-order valence-corrected chi connectivity index (χ3v) is 3.43. The molecule has 1 heterocycles. The van der Waals surface area contributed by atoms with Gasteiger partial charge in [-0.2, -0.15) is 0 Å². The van der Waals surface area contributed by atoms with Gasteiger partial charge < -0.3 is 15.2 Å². The van der Waals surface area contributed by atoms with Crippen molar-refractivity contribution < 1.29 is 14.6 Å². The zero-order valence-corrected chi connectivity index (χ0v) is 10.7. The Morgan fingerprint density at radius 1 is 1.61 bits per heavy atom. The molecule has 0 spiro atoms. The molecule has 1 atom stereocenters. The normalized spacial score (nSPS) is 19.1. The minimum absolute atomic E-state index is 0.131. The van der Waals surface area contributed by atoms with Gasteiger partial charge >= 0.3 is 0 Å². The number of thioether (sulfide) groups is 1. The molecule has 0 fully saturated rings. The molecule has 18 heavy (non-hydrogen) atoms. The summed E-state index contributed by atoms with van der Waals surface area (Å²) in [6.07, 6.45) is -1.02. The van der Waals surface area contributed by atoms with Gasteiger partial charge in [-0.15, -0.1) is 0 Å². The number of hydrogen-bond acceptors (Lipinski definition) is 5. The fourth-order valence-corrected chi connectivity index (χ4v) is 2.30. The molecule has 0 radical (unpaired) electrons. The van der Waals surface area contributed by atoms with E-state index in [0.29, 0.717) is 10.9 Å². The Kier molecular flexibility index (Phi) is 4.22. The number of nitrogens with one attached hydrogen (secondary N) is 1. The third kappa shape index (κ3) is 3.24. The van der Waals surface area contributed by atoms with Crippen molar-refractivity contribution in [2.24, 2.45) is 4.99 Å². The first-order valence-electron chi connectivity index (χ1n) is 5.48. The maximum Gasteiger partial charge on any atom is 0.256 e. The van der Waals surface area contributed by atoms with Gasteiger partial charge in [0, 0.05) is 5.75 Å². The van der Waals surface area contributed by atoms with Crippen LogP contribution < -0.4 is 10.1 Å². The lowest BCUT2D eigenvalue weighted by atomic mass is 10.2. The molecule has 1 unspecified atom stereocenters. The fraction of sp³-hybridized carbons (Fsp3) is 0.333. The molecule has 2 rings (SSSR count). The molecule has 1 amide bonds. The van der Waals surface area contributed by atoms with Gasteiger partial charge in [0.1, 0.15) is 5.75 Å². The highest BCUT2D eigenvalue weighted by Crippen LogP contribution is 2.19. The van der Waals surface area contributed by atoms with Gasteiger partial charge in [0.25, 0.3) is 5.91 Å². The lowest BCUT2D eigenvalue weighted by molar-refractivity contribution is -0.127. The summed E-state index contributed by atoms with van der Waals surface area (Å²) in [7, 11) is 1.62. The predicted molar refractivity (Wildman–Crippen MR) is 70.7 cm³/mol. The Morgan fingerprint density at radius 2 is 2.44 bits per heavy atom. The monoisotopic (exact) mass is 266 g/mol. The number of benzene rings is 1. The average molecular weight is 266 g/mol. The summed E-state index contributed by atoms with van der Waals surface area (Å²) in [5, 5.41) is 12.3. The lowest BCUT2D eigenvalue weighted by Crippen LogP contribution is -2.43. The quantitative estimate of drug-likeness (QED) is 0.848. The lowest BCUT2D eigenvalue weighted by Gasteiger charge is -2.16. The summed E-state index contributed by atoms with van der Waals surface area (Å²) in [4.78, 5) is 15.3. The number of carbonyl (C=O) groups excluding carboxylic acids is 1. The molecule has 1 aliphatic heterocycles. The molecule has 1 aromatic carbocycles. The average Bonchev–Trinajstić information content (AvgIpc) is 2.40. The fourth-order valence-electron chi connectivity index (χ4n) is 1.48. The molecular weight excluding hydrogens is 252 g/mol. The first-order valence-corrected chi connectivity index (χ1v) is 6.46. The van der Waals surface area contributed by atoms with Crippen LogP contribution in [0.25, 0.3) is 0 Å². The number of hydrogen-bond donors (Lipinski definition) is 2. The van der Waals surface area contributed by atoms with Crippen LogP contribution in [-0.2, 0) is 10.5 Å². The van der Waals surface area contributed by atoms with Gasteiger partial charge in [0.05, 0.1) is 13.7 Å². The van der Waals surface area contributed by atoms with Gasteiger partial charge in [0.2, 0.25) is 0 Å². The van der Waals surface area contributed by atoms with E-state index in [-0.39, 0.29) is 6.54 Å². The molecule has 1 aliphatic rings. The Hall–Kier alpha value is -1.53. The summed E-state index contributed by atoms with van der Waals surface area (Å²) in [5.41, 5.74) is 1.09. The Bertz CT molecular complexity index is 476. The Balaban J connectivity index is 1.93. The molecule has 0 aromatic heterocycles. The van der Waals surface area contributed by atoms with Crippen molar-refractivity contribution in [2.45, 2.75) is 11.9 Å². The van der Waals surface area contributed by atoms with E-state index < -0.39 is 12.0 Å². The van der Waals surface area contributed by atoms with Crippen molar-refractivity contribution >= 4 is 22.8 Å². The van der Waals surface area contributed by atoms with Gasteiger partial charge in [-0.1, -0.05) is 23.9 Å². The number of aliphatic imine (C=N–C) groups is 1. The zero-order valence-electron chi connectivity index (χ0n) is 9.92. The van der Waals surface area contributed by atoms with E-state index in [1.807, 2.05) is 24.3 Å². The Morgan fingerprint density at radius 3 is 3.17 bits per heavy atom. The van der Waals surface area contributed by atoms with Crippen LogP contribution in [0.1, 0.15) is 5.56 Å². The van der Waals surface area contributed by atoms with Crippen LogP contribution in [-0.4, -0.2) is 35.9 Å². The largest absolute Gasteiger partial charge is 0.497 e. The molecule has 0 saturated carbocycles. The van der Waals surface area contributed by atoms with Crippen molar-refractivity contribution in [1.82, 2.24) is 5.32 Å². The second-order valence-electron chi connectivity index (χ2n) is 3.79. The van der Waals surface area contributed by atoms with Crippen molar-refractivity contribution in [3.63, 3.8) is 0 Å². The van der Waals surface area contributed by atoms with Crippen LogP contribution >= 0.6 is 11.8 Å². The molecule has 1 aromatic rings. The number of aliphatic hydroxyl groups is 1. The maximum atomic E-state index is 11.2. The number of rotatable bonds is 3. The van der Waals surface area contributed by atoms with E-state index >= 15 is 0 Å². The number of aliphatic hydroxyl groups excluding tert-OH is 1. The van der Waals surface area contributed by atoms with E-state index in [4.69, 9.17) is 4.74 Å². The highest BCUT2D eigenvalue weighted by Gasteiger charge is 2.21. The molecule has 0 bridgehead atoms. The van der Waals surface area contributed by atoms with Crippen LogP contribution in [0, 0.1) is 0 Å². The van der Waals surface area contributed by atoms with Crippen LogP contribution in [0.3, 0.4) is 0 Å². The van der Waals surface area contributed by atoms with Gasteiger partial charge in [-0.05, 0) is 17.7 Å². The number of carbonyl (C=O) groups is 1. The molecular formula is C12H14N2O3S. The van der Waals surface area contributed by atoms with Crippen LogP contribution in [0.4, 0.5) is 0 Å². The van der Waals surface area contributed by atoms with Gasteiger partial charge in [0.15, 0.2) is 11.3 Å². The zero-order chi connectivity index (χ0) is 13.0. The Labute approximate surface area is 109 Å². The number of methoxy groups -OCH3 is 1. The summed E-state index contributed by atoms with van der Waals surface area (Å²) in [5.74, 6) is 1.10. The van der Waals surface area contributed by atoms with E-state index in [0.717, 1.165) is 11.3 Å². The summed E-state index contributed by atoms with van der Waals surface area (Å²) in [6, 6.07) is 7.72. The second-order valence-corrected chi connectivity index (χ2v) is 4.76. The summed E-state index contributed by atoms with van der Waals surface area (Å²) >= 11 is 1.43. The second kappa shape index (κ2) is 5.88. The maximum absolute atomic E-state index is 11.2. The topological polar surface area (TPSA) is 70.9 Å². The minimum Gasteiger partial charge on any atom is -0.497 e. The van der Waals surface area contributed by atoms with Crippen molar-refractivity contribution in [1.29, 1.82) is 0 Å². The van der Waals surface area contributed by atoms with Gasteiger partial charge in [-0.25, -0.2) is 0 Å². The molecule has 6 heteroatoms. The van der Waals surface area contributed by atoms with Crippen LogP contribution in [0.5, 0.6) is 5.75 Å². The SMILES string of the molecule is COc1cccc(CSC2=NCC(O)C(=O)N2)c1. The van der Waals surface area contributed by atoms with Gasteiger partial charge in [-0.3, -0.25) is 9.79 Å². The third-order valence-electron chi connectivity index (χ3n) is 2.45. The number of amides is 1. The molecule has 5 nitrogen and oxygen atoms in total. The summed E-state index contributed by atoms with van der Waals surface area (Å²) < 4.78 is 5.14. The first kappa shape index (κ1) is 12.9. The standard InChI is InChI=1S/C12H14N2O3S/c1-17-9-4-2-3-8(5-9)7-18-12-13-6-10(15)11(16)14-12/h2-5,10,15H,6-7H2,1H3,(H,13,14,16). The van der Waals surface area contributed by atoms with E-state index in [2.05, 4.69) is 10.3 Å². The van der Waals surface area contributed by atoms with Crippen molar-refractivity contribution in [3.8, 4) is 5.75 Å². The van der Waals surface area contributed by atoms with E-state index in [1.165, 1.54) is 11.8 Å². The van der Waals surface area contributed by atoms with Crippen LogP contribution in [0.15, 0.2) is 29.3 Å². The molecule has 2 N–H and O–H groups in total.